The monoisotopic (exact) mass is 299 g/mol. The number of halogens is 1. The van der Waals surface area contributed by atoms with Crippen LogP contribution in [0.25, 0.3) is 0 Å². The highest BCUT2D eigenvalue weighted by molar-refractivity contribution is 6.00. The van der Waals surface area contributed by atoms with Crippen molar-refractivity contribution in [1.29, 1.82) is 0 Å². The van der Waals surface area contributed by atoms with Crippen molar-refractivity contribution >= 4 is 5.71 Å². The summed E-state index contributed by atoms with van der Waals surface area (Å²) in [4.78, 5) is 0. The third kappa shape index (κ3) is 6.10. The molecule has 21 heavy (non-hydrogen) atoms. The molecule has 1 atom stereocenters. The molecule has 0 radical (unpaired) electrons. The zero-order chi connectivity index (χ0) is 15.7. The van der Waals surface area contributed by atoms with Crippen LogP contribution >= 0.6 is 0 Å². The van der Waals surface area contributed by atoms with Gasteiger partial charge in [-0.25, -0.2) is 4.39 Å². The summed E-state index contributed by atoms with van der Waals surface area (Å²) in [7, 11) is 0. The van der Waals surface area contributed by atoms with E-state index in [9.17, 15) is 9.50 Å². The fourth-order valence-corrected chi connectivity index (χ4v) is 1.67. The van der Waals surface area contributed by atoms with E-state index in [1.807, 2.05) is 0 Å². The maximum Gasteiger partial charge on any atom is 0.131 e. The van der Waals surface area contributed by atoms with Gasteiger partial charge in [0.2, 0.25) is 0 Å². The van der Waals surface area contributed by atoms with Gasteiger partial charge >= 0.3 is 0 Å². The molecule has 1 unspecified atom stereocenters. The number of oxime groups is 1. The van der Waals surface area contributed by atoms with Crippen molar-refractivity contribution in [2.24, 2.45) is 5.16 Å². The average molecular weight is 299 g/mol. The summed E-state index contributed by atoms with van der Waals surface area (Å²) in [5.41, 5.74) is 0.775. The highest BCUT2D eigenvalue weighted by Crippen LogP contribution is 2.21. The van der Waals surface area contributed by atoms with Gasteiger partial charge in [-0.3, -0.25) is 0 Å². The number of hydrogen-bond donors (Lipinski definition) is 2. The summed E-state index contributed by atoms with van der Waals surface area (Å²) in [5.74, 6) is -0.244. The first-order valence-electron chi connectivity index (χ1n) is 6.95. The lowest BCUT2D eigenvalue weighted by Gasteiger charge is -2.15. The molecule has 0 saturated carbocycles. The van der Waals surface area contributed by atoms with Crippen LogP contribution in [0.15, 0.2) is 23.4 Å². The summed E-state index contributed by atoms with van der Waals surface area (Å²) in [6.45, 7) is 4.36. The smallest absolute Gasteiger partial charge is 0.131 e. The second-order valence-corrected chi connectivity index (χ2v) is 4.72. The van der Waals surface area contributed by atoms with Crippen LogP contribution in [0.4, 0.5) is 4.39 Å². The van der Waals surface area contributed by atoms with Gasteiger partial charge in [-0.15, -0.1) is 0 Å². The summed E-state index contributed by atoms with van der Waals surface area (Å²) < 4.78 is 23.9. The molecule has 0 aliphatic rings. The van der Waals surface area contributed by atoms with E-state index in [1.165, 1.54) is 18.2 Å². The number of rotatable bonds is 9. The van der Waals surface area contributed by atoms with Gasteiger partial charge < -0.3 is 19.8 Å². The highest BCUT2D eigenvalue weighted by atomic mass is 19.1. The van der Waals surface area contributed by atoms with E-state index in [0.717, 1.165) is 12.8 Å². The van der Waals surface area contributed by atoms with Crippen molar-refractivity contribution in [3.8, 4) is 5.75 Å². The number of ether oxygens (including phenoxy) is 2. The van der Waals surface area contributed by atoms with Gasteiger partial charge in [0.05, 0.1) is 12.3 Å². The standard InChI is InChI=1S/C15H22FNO4/c1-3-4-7-20-9-13(18)10-21-15-8-12(16)5-6-14(15)11(2)17-19/h5-6,8,13,18-19H,3-4,7,9-10H2,1-2H3/b17-11+. The SMILES string of the molecule is CCCCOCC(O)COc1cc(F)ccc1/C(C)=N/O. The number of hydrogen-bond acceptors (Lipinski definition) is 5. The van der Waals surface area contributed by atoms with Gasteiger partial charge in [0.25, 0.3) is 0 Å². The van der Waals surface area contributed by atoms with E-state index in [2.05, 4.69) is 12.1 Å². The molecular weight excluding hydrogens is 277 g/mol. The molecule has 1 aromatic rings. The Labute approximate surface area is 124 Å². The molecule has 0 aliphatic carbocycles. The van der Waals surface area contributed by atoms with E-state index < -0.39 is 11.9 Å². The highest BCUT2D eigenvalue weighted by Gasteiger charge is 2.12. The minimum Gasteiger partial charge on any atom is -0.490 e. The van der Waals surface area contributed by atoms with Crippen LogP contribution in [0.2, 0.25) is 0 Å². The van der Waals surface area contributed by atoms with Gasteiger partial charge in [-0.2, -0.15) is 0 Å². The summed E-state index contributed by atoms with van der Waals surface area (Å²) in [6, 6.07) is 3.90. The van der Waals surface area contributed by atoms with Crippen LogP contribution in [0.3, 0.4) is 0 Å². The second kappa shape index (κ2) is 9.31. The Bertz CT molecular complexity index is 465. The summed E-state index contributed by atoms with van der Waals surface area (Å²) in [5, 5.41) is 21.6. The zero-order valence-electron chi connectivity index (χ0n) is 12.4. The molecule has 2 N–H and O–H groups in total. The molecule has 0 aromatic heterocycles. The molecule has 0 amide bonds. The van der Waals surface area contributed by atoms with E-state index in [1.54, 1.807) is 6.92 Å². The maximum atomic E-state index is 13.3. The fourth-order valence-electron chi connectivity index (χ4n) is 1.67. The van der Waals surface area contributed by atoms with Crippen molar-refractivity contribution in [3.63, 3.8) is 0 Å². The average Bonchev–Trinajstić information content (AvgIpc) is 2.49. The maximum absolute atomic E-state index is 13.3. The third-order valence-electron chi connectivity index (χ3n) is 2.87. The molecule has 5 nitrogen and oxygen atoms in total. The molecule has 0 saturated heterocycles. The minimum atomic E-state index is -0.802. The Morgan fingerprint density at radius 2 is 2.14 bits per heavy atom. The van der Waals surface area contributed by atoms with Crippen LogP contribution in [-0.2, 0) is 4.74 Å². The summed E-state index contributed by atoms with van der Waals surface area (Å²) >= 11 is 0. The van der Waals surface area contributed by atoms with E-state index >= 15 is 0 Å². The lowest BCUT2D eigenvalue weighted by atomic mass is 10.1. The van der Waals surface area contributed by atoms with Gasteiger partial charge in [0, 0.05) is 18.2 Å². The van der Waals surface area contributed by atoms with E-state index in [0.29, 0.717) is 17.9 Å². The quantitative estimate of drug-likeness (QED) is 0.318. The van der Waals surface area contributed by atoms with Gasteiger partial charge in [-0.1, -0.05) is 18.5 Å². The molecule has 1 rings (SSSR count). The summed E-state index contributed by atoms with van der Waals surface area (Å²) in [6.07, 6.45) is 1.16. The number of benzene rings is 1. The van der Waals surface area contributed by atoms with Crippen molar-refractivity contribution in [1.82, 2.24) is 0 Å². The van der Waals surface area contributed by atoms with Gasteiger partial charge in [-0.05, 0) is 25.5 Å². The topological polar surface area (TPSA) is 71.3 Å². The number of aliphatic hydroxyl groups excluding tert-OH is 1. The van der Waals surface area contributed by atoms with Crippen molar-refractivity contribution in [2.45, 2.75) is 32.8 Å². The van der Waals surface area contributed by atoms with E-state index in [4.69, 9.17) is 14.7 Å². The van der Waals surface area contributed by atoms with Crippen molar-refractivity contribution in [2.75, 3.05) is 19.8 Å². The number of unbranched alkanes of at least 4 members (excludes halogenated alkanes) is 1. The minimum absolute atomic E-state index is 0.0265. The van der Waals surface area contributed by atoms with Crippen LogP contribution < -0.4 is 4.74 Å². The Kier molecular flexibility index (Phi) is 7.71. The molecule has 6 heteroatoms. The van der Waals surface area contributed by atoms with Crippen molar-refractivity contribution in [3.05, 3.63) is 29.6 Å². The van der Waals surface area contributed by atoms with Crippen LogP contribution in [0, 0.1) is 5.82 Å². The number of aliphatic hydroxyl groups is 1. The Morgan fingerprint density at radius 1 is 1.38 bits per heavy atom. The molecule has 0 heterocycles. The van der Waals surface area contributed by atoms with Crippen LogP contribution in [0.5, 0.6) is 5.75 Å². The van der Waals surface area contributed by atoms with Crippen LogP contribution in [0.1, 0.15) is 32.3 Å². The third-order valence-corrected chi connectivity index (χ3v) is 2.87. The molecule has 0 fully saturated rings. The first-order valence-corrected chi connectivity index (χ1v) is 6.95. The Hall–Kier alpha value is -1.66. The van der Waals surface area contributed by atoms with Gasteiger partial charge in [0.1, 0.15) is 24.3 Å². The molecule has 0 bridgehead atoms. The lowest BCUT2D eigenvalue weighted by Crippen LogP contribution is -2.24. The Balaban J connectivity index is 2.56. The Morgan fingerprint density at radius 3 is 2.81 bits per heavy atom. The van der Waals surface area contributed by atoms with Crippen LogP contribution in [-0.4, -0.2) is 42.0 Å². The van der Waals surface area contributed by atoms with Gasteiger partial charge in [0.15, 0.2) is 0 Å². The molecule has 1 aromatic carbocycles. The lowest BCUT2D eigenvalue weighted by molar-refractivity contribution is 0.0112. The molecular formula is C15H22FNO4. The second-order valence-electron chi connectivity index (χ2n) is 4.72. The fraction of sp³-hybridized carbons (Fsp3) is 0.533. The number of nitrogens with zero attached hydrogens (tertiary/aromatic N) is 1. The molecule has 0 spiro atoms. The molecule has 118 valence electrons. The van der Waals surface area contributed by atoms with E-state index in [-0.39, 0.29) is 19.0 Å². The molecule has 0 aliphatic heterocycles. The first kappa shape index (κ1) is 17.4. The zero-order valence-corrected chi connectivity index (χ0v) is 12.4. The first-order chi connectivity index (χ1) is 10.1. The van der Waals surface area contributed by atoms with Crippen molar-refractivity contribution < 1.29 is 24.2 Å². The largest absolute Gasteiger partial charge is 0.490 e. The predicted octanol–water partition coefficient (Wildman–Crippen LogP) is 2.58. The predicted molar refractivity (Wildman–Crippen MR) is 77.6 cm³/mol. The normalized spacial score (nSPS) is 13.2.